The minimum absolute atomic E-state index is 0.745. The lowest BCUT2D eigenvalue weighted by Crippen LogP contribution is -2.07. The first kappa shape index (κ1) is 13.6. The van der Waals surface area contributed by atoms with Crippen molar-refractivity contribution in [2.24, 2.45) is 0 Å². The number of para-hydroxylation sites is 1. The molecule has 0 saturated heterocycles. The van der Waals surface area contributed by atoms with Crippen molar-refractivity contribution >= 4 is 16.8 Å². The van der Waals surface area contributed by atoms with E-state index in [0.29, 0.717) is 0 Å². The summed E-state index contributed by atoms with van der Waals surface area (Å²) in [6.45, 7) is 6.97. The standard InChI is InChI=1S/C17H19N3O/c1-4-9-18-17-11(2)16(19-12(3)20-17)15-10-13-7-5-6-8-14(13)21-15/h5-8,10H,4,9H2,1-3H3,(H,18,19,20). The van der Waals surface area contributed by atoms with Gasteiger partial charge in [-0.25, -0.2) is 9.97 Å². The molecule has 2 aromatic heterocycles. The molecule has 0 spiro atoms. The average molecular weight is 281 g/mol. The Morgan fingerprint density at radius 2 is 1.95 bits per heavy atom. The van der Waals surface area contributed by atoms with E-state index in [4.69, 9.17) is 4.42 Å². The van der Waals surface area contributed by atoms with Crippen molar-refractivity contribution in [2.75, 3.05) is 11.9 Å². The van der Waals surface area contributed by atoms with Gasteiger partial charge < -0.3 is 9.73 Å². The molecule has 108 valence electrons. The Bertz CT molecular complexity index is 744. The first-order chi connectivity index (χ1) is 10.2. The SMILES string of the molecule is CCCNc1nc(C)nc(-c2cc3ccccc3o2)c1C. The number of rotatable bonds is 4. The second-order valence-corrected chi connectivity index (χ2v) is 5.17. The summed E-state index contributed by atoms with van der Waals surface area (Å²) < 4.78 is 5.93. The van der Waals surface area contributed by atoms with Crippen LogP contribution in [0.3, 0.4) is 0 Å². The van der Waals surface area contributed by atoms with Crippen LogP contribution in [0, 0.1) is 13.8 Å². The van der Waals surface area contributed by atoms with Crippen molar-refractivity contribution in [2.45, 2.75) is 27.2 Å². The Labute approximate surface area is 124 Å². The first-order valence-corrected chi connectivity index (χ1v) is 7.27. The Hall–Kier alpha value is -2.36. The number of anilines is 1. The summed E-state index contributed by atoms with van der Waals surface area (Å²) in [6.07, 6.45) is 1.06. The number of hydrogen-bond acceptors (Lipinski definition) is 4. The molecule has 0 atom stereocenters. The number of nitrogens with zero attached hydrogens (tertiary/aromatic N) is 2. The van der Waals surface area contributed by atoms with Crippen molar-refractivity contribution in [3.8, 4) is 11.5 Å². The normalized spacial score (nSPS) is 11.0. The van der Waals surface area contributed by atoms with Crippen LogP contribution in [0.1, 0.15) is 24.7 Å². The van der Waals surface area contributed by atoms with Gasteiger partial charge in [-0.1, -0.05) is 25.1 Å². The molecule has 1 aromatic carbocycles. The van der Waals surface area contributed by atoms with Crippen molar-refractivity contribution in [1.29, 1.82) is 0 Å². The molecule has 0 unspecified atom stereocenters. The zero-order valence-corrected chi connectivity index (χ0v) is 12.6. The van der Waals surface area contributed by atoms with Gasteiger partial charge in [0, 0.05) is 17.5 Å². The monoisotopic (exact) mass is 281 g/mol. The molecule has 0 radical (unpaired) electrons. The highest BCUT2D eigenvalue weighted by atomic mass is 16.3. The zero-order chi connectivity index (χ0) is 14.8. The van der Waals surface area contributed by atoms with E-state index in [2.05, 4.69) is 22.2 Å². The van der Waals surface area contributed by atoms with Gasteiger partial charge in [-0.15, -0.1) is 0 Å². The fraction of sp³-hybridized carbons (Fsp3) is 0.294. The Morgan fingerprint density at radius 1 is 1.14 bits per heavy atom. The van der Waals surface area contributed by atoms with Crippen LogP contribution >= 0.6 is 0 Å². The predicted molar refractivity (Wildman–Crippen MR) is 85.5 cm³/mol. The Morgan fingerprint density at radius 3 is 2.71 bits per heavy atom. The molecular weight excluding hydrogens is 262 g/mol. The predicted octanol–water partition coefficient (Wildman–Crippen LogP) is 4.33. The minimum Gasteiger partial charge on any atom is -0.454 e. The summed E-state index contributed by atoms with van der Waals surface area (Å²) in [5.41, 5.74) is 2.76. The third kappa shape index (κ3) is 2.61. The lowest BCUT2D eigenvalue weighted by atomic mass is 10.1. The molecule has 1 N–H and O–H groups in total. The largest absolute Gasteiger partial charge is 0.454 e. The number of aryl methyl sites for hydroxylation is 1. The van der Waals surface area contributed by atoms with Gasteiger partial charge in [-0.2, -0.15) is 0 Å². The van der Waals surface area contributed by atoms with Gasteiger partial charge in [-0.3, -0.25) is 0 Å². The van der Waals surface area contributed by atoms with Gasteiger partial charge in [-0.05, 0) is 32.4 Å². The van der Waals surface area contributed by atoms with Crippen molar-refractivity contribution < 1.29 is 4.42 Å². The third-order valence-corrected chi connectivity index (χ3v) is 3.46. The molecule has 0 bridgehead atoms. The van der Waals surface area contributed by atoms with Gasteiger partial charge in [0.2, 0.25) is 0 Å². The summed E-state index contributed by atoms with van der Waals surface area (Å²) in [5.74, 6) is 2.42. The van der Waals surface area contributed by atoms with Gasteiger partial charge >= 0.3 is 0 Å². The fourth-order valence-electron chi connectivity index (χ4n) is 2.38. The molecule has 0 amide bonds. The highest BCUT2D eigenvalue weighted by Crippen LogP contribution is 2.30. The van der Waals surface area contributed by atoms with Crippen LogP contribution in [0.25, 0.3) is 22.4 Å². The smallest absolute Gasteiger partial charge is 0.154 e. The van der Waals surface area contributed by atoms with Crippen LogP contribution < -0.4 is 5.32 Å². The number of fused-ring (bicyclic) bond motifs is 1. The van der Waals surface area contributed by atoms with Gasteiger partial charge in [0.25, 0.3) is 0 Å². The fourth-order valence-corrected chi connectivity index (χ4v) is 2.38. The van der Waals surface area contributed by atoms with E-state index in [-0.39, 0.29) is 0 Å². The van der Waals surface area contributed by atoms with Gasteiger partial charge in [0.1, 0.15) is 22.9 Å². The molecule has 4 nitrogen and oxygen atoms in total. The van der Waals surface area contributed by atoms with E-state index in [9.17, 15) is 0 Å². The van der Waals surface area contributed by atoms with Crippen molar-refractivity contribution in [1.82, 2.24) is 9.97 Å². The summed E-state index contributed by atoms with van der Waals surface area (Å²) in [7, 11) is 0. The van der Waals surface area contributed by atoms with Crippen LogP contribution in [0.5, 0.6) is 0 Å². The summed E-state index contributed by atoms with van der Waals surface area (Å²) in [5, 5.41) is 4.44. The lowest BCUT2D eigenvalue weighted by Gasteiger charge is -2.11. The summed E-state index contributed by atoms with van der Waals surface area (Å²) in [4.78, 5) is 9.05. The number of nitrogens with one attached hydrogen (secondary N) is 1. The maximum absolute atomic E-state index is 5.93. The maximum Gasteiger partial charge on any atom is 0.154 e. The maximum atomic E-state index is 5.93. The number of hydrogen-bond donors (Lipinski definition) is 1. The quantitative estimate of drug-likeness (QED) is 0.773. The minimum atomic E-state index is 0.745. The van der Waals surface area contributed by atoms with Crippen molar-refractivity contribution in [3.05, 3.63) is 41.7 Å². The second kappa shape index (κ2) is 5.56. The molecule has 0 fully saturated rings. The van der Waals surface area contributed by atoms with E-state index in [1.54, 1.807) is 0 Å². The molecule has 3 aromatic rings. The van der Waals surface area contributed by atoms with Crippen LogP contribution in [-0.4, -0.2) is 16.5 Å². The van der Waals surface area contributed by atoms with Crippen LogP contribution in [0.4, 0.5) is 5.82 Å². The molecule has 3 rings (SSSR count). The van der Waals surface area contributed by atoms with Crippen LogP contribution in [0.2, 0.25) is 0 Å². The third-order valence-electron chi connectivity index (χ3n) is 3.46. The summed E-state index contributed by atoms with van der Waals surface area (Å²) >= 11 is 0. The first-order valence-electron chi connectivity index (χ1n) is 7.27. The van der Waals surface area contributed by atoms with Crippen molar-refractivity contribution in [3.63, 3.8) is 0 Å². The highest BCUT2D eigenvalue weighted by Gasteiger charge is 2.14. The summed E-state index contributed by atoms with van der Waals surface area (Å²) in [6, 6.07) is 10.0. The van der Waals surface area contributed by atoms with Gasteiger partial charge in [0.15, 0.2) is 5.76 Å². The van der Waals surface area contributed by atoms with E-state index < -0.39 is 0 Å². The second-order valence-electron chi connectivity index (χ2n) is 5.17. The molecular formula is C17H19N3O. The number of aromatic nitrogens is 2. The zero-order valence-electron chi connectivity index (χ0n) is 12.6. The molecule has 0 saturated carbocycles. The lowest BCUT2D eigenvalue weighted by molar-refractivity contribution is 0.627. The highest BCUT2D eigenvalue weighted by molar-refractivity contribution is 5.83. The van der Waals surface area contributed by atoms with E-state index in [1.807, 2.05) is 44.2 Å². The molecule has 0 aliphatic carbocycles. The Kier molecular flexibility index (Phi) is 3.60. The molecule has 21 heavy (non-hydrogen) atoms. The van der Waals surface area contributed by atoms with Gasteiger partial charge in [0.05, 0.1) is 0 Å². The average Bonchev–Trinajstić information content (AvgIpc) is 2.91. The van der Waals surface area contributed by atoms with E-state index in [0.717, 1.165) is 52.6 Å². The molecule has 2 heterocycles. The number of benzene rings is 1. The van der Waals surface area contributed by atoms with Crippen LogP contribution in [-0.2, 0) is 0 Å². The molecule has 0 aliphatic heterocycles. The van der Waals surface area contributed by atoms with E-state index in [1.165, 1.54) is 0 Å². The van der Waals surface area contributed by atoms with E-state index >= 15 is 0 Å². The topological polar surface area (TPSA) is 51.0 Å². The Balaban J connectivity index is 2.10. The molecule has 0 aliphatic rings. The number of furan rings is 1. The molecule has 4 heteroatoms. The van der Waals surface area contributed by atoms with Crippen LogP contribution in [0.15, 0.2) is 34.7 Å².